The third kappa shape index (κ3) is 7.12. The molecule has 2 amide bonds. The minimum absolute atomic E-state index is 0. The summed E-state index contributed by atoms with van der Waals surface area (Å²) in [4.78, 5) is 40.8. The van der Waals surface area contributed by atoms with Crippen molar-refractivity contribution in [1.29, 1.82) is 0 Å². The second-order valence-corrected chi connectivity index (χ2v) is 9.57. The third-order valence-electron chi connectivity index (χ3n) is 6.69. The molecule has 0 aliphatic heterocycles. The zero-order valence-electron chi connectivity index (χ0n) is 25.0. The first-order valence-electron chi connectivity index (χ1n) is 12.9. The average molecular weight is 604 g/mol. The number of ether oxygens (including phenoxy) is 3. The summed E-state index contributed by atoms with van der Waals surface area (Å²) >= 11 is 0. The number of aliphatic carboxylic acids is 1. The number of carbonyl (C=O) groups excluding carboxylic acids is 2. The Morgan fingerprint density at radius 1 is 0.907 bits per heavy atom. The molecule has 1 aliphatic rings. The van der Waals surface area contributed by atoms with Crippen molar-refractivity contribution in [3.05, 3.63) is 78.5 Å². The van der Waals surface area contributed by atoms with E-state index in [1.807, 2.05) is 0 Å². The minimum Gasteiger partial charge on any atom is -1.00 e. The number of nitrogens with one attached hydrogen (secondary N) is 2. The van der Waals surface area contributed by atoms with E-state index in [0.717, 1.165) is 6.07 Å². The SMILES string of the molecule is COc1cc2c(Oc3ccc(NC(=O)C4(C(=O)Nc5ccc(F)cc5)CC4)cc3F)ccnc2cc1OCCC(=O)O.[H-].[H-].[Mg+2]. The molecule has 1 saturated carbocycles. The van der Waals surface area contributed by atoms with Gasteiger partial charge < -0.3 is 32.8 Å². The van der Waals surface area contributed by atoms with Crippen LogP contribution in [0.3, 0.4) is 0 Å². The Labute approximate surface area is 263 Å². The van der Waals surface area contributed by atoms with Crippen LogP contribution in [0.2, 0.25) is 0 Å². The zero-order valence-corrected chi connectivity index (χ0v) is 24.4. The van der Waals surface area contributed by atoms with E-state index in [-0.39, 0.29) is 56.1 Å². The molecule has 1 aromatic heterocycles. The van der Waals surface area contributed by atoms with Gasteiger partial charge in [0.2, 0.25) is 11.8 Å². The predicted molar refractivity (Wildman–Crippen MR) is 156 cm³/mol. The number of carboxylic acids is 1. The van der Waals surface area contributed by atoms with Gasteiger partial charge in [0.25, 0.3) is 0 Å². The van der Waals surface area contributed by atoms with Gasteiger partial charge in [-0.1, -0.05) is 0 Å². The van der Waals surface area contributed by atoms with E-state index in [1.54, 1.807) is 18.2 Å². The van der Waals surface area contributed by atoms with E-state index in [9.17, 15) is 18.8 Å². The van der Waals surface area contributed by atoms with Crippen molar-refractivity contribution in [3.63, 3.8) is 0 Å². The first-order valence-corrected chi connectivity index (χ1v) is 12.9. The van der Waals surface area contributed by atoms with Crippen molar-refractivity contribution in [3.8, 4) is 23.0 Å². The molecule has 0 atom stereocenters. The molecule has 3 aromatic carbocycles. The summed E-state index contributed by atoms with van der Waals surface area (Å²) in [6, 6.07) is 13.8. The maximum Gasteiger partial charge on any atom is 2.00 e. The number of nitrogens with zero attached hydrogens (tertiary/aromatic N) is 1. The fourth-order valence-corrected chi connectivity index (χ4v) is 4.23. The standard InChI is InChI=1S/C30H25F2N3O7.Mg.2H/c1-40-25-15-20-22(16-26(25)41-13-9-27(36)37)33-12-8-23(20)42-24-7-6-19(14-21(24)32)35-29(39)30(10-11-30)28(38)34-18-4-2-17(31)3-5-18;;;/h2-8,12,14-16H,9-11,13H2,1H3,(H,34,38)(H,35,39)(H,36,37);;;/q;+2;2*-1. The van der Waals surface area contributed by atoms with Crippen molar-refractivity contribution in [1.82, 2.24) is 4.98 Å². The van der Waals surface area contributed by atoms with Crippen LogP contribution in [-0.2, 0) is 14.4 Å². The molecule has 220 valence electrons. The summed E-state index contributed by atoms with van der Waals surface area (Å²) in [6.07, 6.45) is 1.91. The van der Waals surface area contributed by atoms with Gasteiger partial charge in [-0.05, 0) is 61.4 Å². The van der Waals surface area contributed by atoms with Crippen LogP contribution < -0.4 is 24.8 Å². The molecule has 1 aliphatic carbocycles. The molecule has 10 nitrogen and oxygen atoms in total. The Balaban J connectivity index is 0.00000235. The number of halogens is 2. The normalized spacial score (nSPS) is 12.9. The van der Waals surface area contributed by atoms with E-state index in [0.29, 0.717) is 40.9 Å². The zero-order chi connectivity index (χ0) is 29.9. The van der Waals surface area contributed by atoms with E-state index in [4.69, 9.17) is 19.3 Å². The molecular weight excluding hydrogens is 577 g/mol. The summed E-state index contributed by atoms with van der Waals surface area (Å²) in [5.41, 5.74) is -0.367. The molecule has 43 heavy (non-hydrogen) atoms. The number of hydrogen-bond acceptors (Lipinski definition) is 7. The molecular formula is C30H27F2MgN3O7. The van der Waals surface area contributed by atoms with Crippen LogP contribution in [0.25, 0.3) is 10.9 Å². The molecule has 3 N–H and O–H groups in total. The number of amides is 2. The van der Waals surface area contributed by atoms with Gasteiger partial charge in [-0.15, -0.1) is 0 Å². The van der Waals surface area contributed by atoms with E-state index < -0.39 is 34.8 Å². The van der Waals surface area contributed by atoms with Gasteiger partial charge in [0.15, 0.2) is 23.1 Å². The maximum absolute atomic E-state index is 15.1. The number of rotatable bonds is 11. The molecule has 1 heterocycles. The number of pyridine rings is 1. The Hall–Kier alpha value is -4.49. The van der Waals surface area contributed by atoms with E-state index in [1.165, 1.54) is 49.7 Å². The predicted octanol–water partition coefficient (Wildman–Crippen LogP) is 5.37. The van der Waals surface area contributed by atoms with Crippen LogP contribution in [0.4, 0.5) is 20.2 Å². The number of hydrogen-bond donors (Lipinski definition) is 3. The average Bonchev–Trinajstić information content (AvgIpc) is 3.78. The minimum atomic E-state index is -1.30. The molecule has 4 aromatic rings. The van der Waals surface area contributed by atoms with E-state index in [2.05, 4.69) is 15.6 Å². The molecule has 1 fully saturated rings. The molecule has 0 spiro atoms. The summed E-state index contributed by atoms with van der Waals surface area (Å²) < 4.78 is 45.0. The van der Waals surface area contributed by atoms with Gasteiger partial charge >= 0.3 is 29.0 Å². The van der Waals surface area contributed by atoms with E-state index >= 15 is 4.39 Å². The van der Waals surface area contributed by atoms with Crippen LogP contribution in [0.1, 0.15) is 22.1 Å². The number of aromatic nitrogens is 1. The Bertz CT molecular complexity index is 1690. The van der Waals surface area contributed by atoms with Gasteiger partial charge in [-0.25, -0.2) is 8.78 Å². The van der Waals surface area contributed by atoms with Gasteiger partial charge in [-0.2, -0.15) is 0 Å². The van der Waals surface area contributed by atoms with Crippen molar-refractivity contribution in [2.24, 2.45) is 5.41 Å². The van der Waals surface area contributed by atoms with Crippen molar-refractivity contribution < 1.29 is 45.3 Å². The van der Waals surface area contributed by atoms with Crippen LogP contribution in [-0.4, -0.2) is 64.6 Å². The quantitative estimate of drug-likeness (QED) is 0.154. The largest absolute Gasteiger partial charge is 2.00 e. The second-order valence-electron chi connectivity index (χ2n) is 9.57. The fourth-order valence-electron chi connectivity index (χ4n) is 4.23. The maximum atomic E-state index is 15.1. The van der Waals surface area contributed by atoms with Gasteiger partial charge in [0.05, 0.1) is 25.7 Å². The molecule has 13 heteroatoms. The summed E-state index contributed by atoms with van der Waals surface area (Å²) in [5.74, 6) is -2.59. The molecule has 0 saturated heterocycles. The Kier molecular flexibility index (Phi) is 9.66. The molecule has 0 bridgehead atoms. The van der Waals surface area contributed by atoms with Crippen molar-refractivity contribution >= 4 is 63.1 Å². The molecule has 0 radical (unpaired) electrons. The number of carboxylic acid groups (broad SMARTS) is 1. The number of fused-ring (bicyclic) bond motifs is 1. The fraction of sp³-hybridized carbons (Fsp3) is 0.200. The van der Waals surface area contributed by atoms with Gasteiger partial charge in [0.1, 0.15) is 17.0 Å². The second kappa shape index (κ2) is 13.2. The van der Waals surface area contributed by atoms with Crippen molar-refractivity contribution in [2.75, 3.05) is 24.4 Å². The number of methoxy groups -OCH3 is 1. The monoisotopic (exact) mass is 603 g/mol. The summed E-state index contributed by atoms with van der Waals surface area (Å²) in [6.45, 7) is -0.0679. The van der Waals surface area contributed by atoms with Crippen LogP contribution in [0.15, 0.2) is 66.9 Å². The van der Waals surface area contributed by atoms with Gasteiger partial charge in [-0.3, -0.25) is 19.4 Å². The number of anilines is 2. The van der Waals surface area contributed by atoms with Gasteiger partial charge in [0, 0.05) is 35.1 Å². The first-order chi connectivity index (χ1) is 20.2. The Morgan fingerprint density at radius 3 is 2.21 bits per heavy atom. The topological polar surface area (TPSA) is 136 Å². The van der Waals surface area contributed by atoms with Crippen LogP contribution in [0.5, 0.6) is 23.0 Å². The summed E-state index contributed by atoms with van der Waals surface area (Å²) in [5, 5.41) is 14.5. The molecule has 5 rings (SSSR count). The van der Waals surface area contributed by atoms with Crippen LogP contribution >= 0.6 is 0 Å². The number of carbonyl (C=O) groups is 3. The smallest absolute Gasteiger partial charge is 1.00 e. The Morgan fingerprint density at radius 2 is 1.58 bits per heavy atom. The van der Waals surface area contributed by atoms with Crippen LogP contribution in [0, 0.1) is 17.0 Å². The van der Waals surface area contributed by atoms with Crippen molar-refractivity contribution in [2.45, 2.75) is 19.3 Å². The molecule has 0 unspecified atom stereocenters. The summed E-state index contributed by atoms with van der Waals surface area (Å²) in [7, 11) is 1.42. The number of benzene rings is 3. The third-order valence-corrected chi connectivity index (χ3v) is 6.69. The first kappa shape index (κ1) is 31.4.